The number of nitrogens with one attached hydrogen (secondary N) is 1. The molecule has 0 spiro atoms. The van der Waals surface area contributed by atoms with Crippen molar-refractivity contribution in [2.45, 2.75) is 51.7 Å². The van der Waals surface area contributed by atoms with Crippen LogP contribution in [-0.2, 0) is 9.53 Å². The summed E-state index contributed by atoms with van der Waals surface area (Å²) in [5, 5.41) is 2.92. The van der Waals surface area contributed by atoms with Crippen LogP contribution in [0.1, 0.15) is 40.0 Å². The predicted molar refractivity (Wildman–Crippen MR) is 67.1 cm³/mol. The van der Waals surface area contributed by atoms with E-state index in [2.05, 4.69) is 5.32 Å². The van der Waals surface area contributed by atoms with Crippen molar-refractivity contribution in [1.82, 2.24) is 10.2 Å². The van der Waals surface area contributed by atoms with Crippen LogP contribution in [0.2, 0.25) is 0 Å². The van der Waals surface area contributed by atoms with Crippen molar-refractivity contribution >= 4 is 12.0 Å². The molecule has 2 aliphatic rings. The number of likely N-dealkylation sites (tertiary alicyclic amines) is 1. The molecule has 2 fully saturated rings. The van der Waals surface area contributed by atoms with Crippen LogP contribution >= 0.6 is 0 Å². The highest BCUT2D eigenvalue weighted by Crippen LogP contribution is 2.26. The van der Waals surface area contributed by atoms with Crippen molar-refractivity contribution in [3.05, 3.63) is 0 Å². The number of carbonyl (C=O) groups is 2. The molecule has 0 aromatic heterocycles. The maximum Gasteiger partial charge on any atom is 0.410 e. The summed E-state index contributed by atoms with van der Waals surface area (Å²) in [4.78, 5) is 24.5. The van der Waals surface area contributed by atoms with Gasteiger partial charge in [0.25, 0.3) is 0 Å². The molecule has 5 heteroatoms. The van der Waals surface area contributed by atoms with Crippen LogP contribution in [0, 0.1) is 5.92 Å². The molecular formula is C13H22N2O3. The van der Waals surface area contributed by atoms with E-state index in [9.17, 15) is 9.59 Å². The van der Waals surface area contributed by atoms with Gasteiger partial charge >= 0.3 is 6.09 Å². The lowest BCUT2D eigenvalue weighted by atomic mass is 9.84. The first-order valence-corrected chi connectivity index (χ1v) is 6.62. The maximum atomic E-state index is 11.9. The van der Waals surface area contributed by atoms with Crippen LogP contribution < -0.4 is 5.32 Å². The lowest BCUT2D eigenvalue weighted by Gasteiger charge is -2.40. The first-order valence-electron chi connectivity index (χ1n) is 6.62. The van der Waals surface area contributed by atoms with Gasteiger partial charge in [-0.1, -0.05) is 0 Å². The summed E-state index contributed by atoms with van der Waals surface area (Å²) < 4.78 is 5.35. The summed E-state index contributed by atoms with van der Waals surface area (Å²) in [6.45, 7) is 7.09. The third-order valence-corrected chi connectivity index (χ3v) is 3.51. The fourth-order valence-corrected chi connectivity index (χ4v) is 2.48. The molecule has 2 saturated heterocycles. The number of hydrogen-bond donors (Lipinski definition) is 1. The Kier molecular flexibility index (Phi) is 3.50. The van der Waals surface area contributed by atoms with Crippen LogP contribution in [0.4, 0.5) is 4.79 Å². The first-order chi connectivity index (χ1) is 8.35. The van der Waals surface area contributed by atoms with Gasteiger partial charge in [0.1, 0.15) is 5.60 Å². The largest absolute Gasteiger partial charge is 0.444 e. The summed E-state index contributed by atoms with van der Waals surface area (Å²) >= 11 is 0. The molecule has 1 unspecified atom stereocenters. The molecule has 1 atom stereocenters. The molecule has 0 radical (unpaired) electrons. The van der Waals surface area contributed by atoms with E-state index in [1.807, 2.05) is 20.8 Å². The van der Waals surface area contributed by atoms with Crippen molar-refractivity contribution in [2.75, 3.05) is 13.1 Å². The normalized spacial score (nSPS) is 25.4. The Morgan fingerprint density at radius 2 is 1.89 bits per heavy atom. The Labute approximate surface area is 108 Å². The Morgan fingerprint density at radius 3 is 2.33 bits per heavy atom. The fraction of sp³-hybridized carbons (Fsp3) is 0.846. The Hall–Kier alpha value is -1.26. The highest BCUT2D eigenvalue weighted by Gasteiger charge is 2.36. The van der Waals surface area contributed by atoms with E-state index >= 15 is 0 Å². The smallest absolute Gasteiger partial charge is 0.410 e. The summed E-state index contributed by atoms with van der Waals surface area (Å²) in [6.07, 6.45) is 2.32. The lowest BCUT2D eigenvalue weighted by Crippen LogP contribution is -2.55. The molecule has 102 valence electrons. The number of piperidine rings is 1. The molecular weight excluding hydrogens is 232 g/mol. The van der Waals surface area contributed by atoms with Gasteiger partial charge in [-0.25, -0.2) is 4.79 Å². The van der Waals surface area contributed by atoms with Crippen LogP contribution in [-0.4, -0.2) is 41.6 Å². The van der Waals surface area contributed by atoms with E-state index in [4.69, 9.17) is 4.74 Å². The quantitative estimate of drug-likeness (QED) is 0.722. The zero-order chi connectivity index (χ0) is 13.3. The first kappa shape index (κ1) is 13.2. The molecule has 0 aromatic rings. The van der Waals surface area contributed by atoms with Gasteiger partial charge in [-0.2, -0.15) is 0 Å². The Balaban J connectivity index is 1.76. The van der Waals surface area contributed by atoms with Crippen molar-refractivity contribution in [3.63, 3.8) is 0 Å². The fourth-order valence-electron chi connectivity index (χ4n) is 2.48. The third kappa shape index (κ3) is 3.15. The van der Waals surface area contributed by atoms with E-state index in [0.717, 1.165) is 25.9 Å². The summed E-state index contributed by atoms with van der Waals surface area (Å²) in [6, 6.07) is 0.332. The van der Waals surface area contributed by atoms with E-state index < -0.39 is 5.60 Å². The number of carbonyl (C=O) groups excluding carboxylic acids is 2. The standard InChI is InChI=1S/C13H22N2O3/c1-13(2,3)18-12(17)15-6-4-9(5-7-15)10-8-11(16)14-10/h9-10H,4-8H2,1-3H3,(H,14,16). The van der Waals surface area contributed by atoms with E-state index in [0.29, 0.717) is 18.4 Å². The number of ether oxygens (including phenoxy) is 1. The van der Waals surface area contributed by atoms with Gasteiger partial charge in [0.15, 0.2) is 0 Å². The number of β-lactam (4-membered cyclic amide) rings is 1. The summed E-state index contributed by atoms with van der Waals surface area (Å²) in [5.41, 5.74) is -0.435. The third-order valence-electron chi connectivity index (χ3n) is 3.51. The van der Waals surface area contributed by atoms with Gasteiger partial charge in [0.2, 0.25) is 5.91 Å². The van der Waals surface area contributed by atoms with E-state index in [-0.39, 0.29) is 12.0 Å². The zero-order valence-corrected chi connectivity index (χ0v) is 11.4. The molecule has 0 aliphatic carbocycles. The average Bonchev–Trinajstić information content (AvgIpc) is 2.23. The molecule has 2 rings (SSSR count). The minimum Gasteiger partial charge on any atom is -0.444 e. The highest BCUT2D eigenvalue weighted by molar-refractivity contribution is 5.82. The SMILES string of the molecule is CC(C)(C)OC(=O)N1CCC(C2CC(=O)N2)CC1. The lowest BCUT2D eigenvalue weighted by molar-refractivity contribution is -0.129. The van der Waals surface area contributed by atoms with Gasteiger partial charge in [0.05, 0.1) is 0 Å². The molecule has 2 heterocycles. The van der Waals surface area contributed by atoms with Gasteiger partial charge in [0, 0.05) is 25.6 Å². The second kappa shape index (κ2) is 4.78. The molecule has 18 heavy (non-hydrogen) atoms. The number of nitrogens with zero attached hydrogens (tertiary/aromatic N) is 1. The van der Waals surface area contributed by atoms with Crippen molar-refractivity contribution in [3.8, 4) is 0 Å². The molecule has 2 amide bonds. The number of amides is 2. The average molecular weight is 254 g/mol. The summed E-state index contributed by atoms with van der Waals surface area (Å²) in [5.74, 6) is 0.663. The van der Waals surface area contributed by atoms with Crippen LogP contribution in [0.25, 0.3) is 0 Å². The van der Waals surface area contributed by atoms with E-state index in [1.54, 1.807) is 4.90 Å². The minimum absolute atomic E-state index is 0.148. The maximum absolute atomic E-state index is 11.9. The van der Waals surface area contributed by atoms with Crippen LogP contribution in [0.5, 0.6) is 0 Å². The molecule has 2 aliphatic heterocycles. The van der Waals surface area contributed by atoms with Crippen LogP contribution in [0.15, 0.2) is 0 Å². The topological polar surface area (TPSA) is 58.6 Å². The van der Waals surface area contributed by atoms with Crippen LogP contribution in [0.3, 0.4) is 0 Å². The van der Waals surface area contributed by atoms with E-state index in [1.165, 1.54) is 0 Å². The second-order valence-electron chi connectivity index (χ2n) is 6.18. The summed E-state index contributed by atoms with van der Waals surface area (Å²) in [7, 11) is 0. The second-order valence-corrected chi connectivity index (χ2v) is 6.18. The number of hydrogen-bond acceptors (Lipinski definition) is 3. The Bertz CT molecular complexity index is 333. The predicted octanol–water partition coefficient (Wildman–Crippen LogP) is 1.52. The molecule has 0 bridgehead atoms. The molecule has 5 nitrogen and oxygen atoms in total. The Morgan fingerprint density at radius 1 is 1.33 bits per heavy atom. The molecule has 0 saturated carbocycles. The van der Waals surface area contributed by atoms with Gasteiger partial charge in [-0.05, 0) is 39.5 Å². The van der Waals surface area contributed by atoms with Gasteiger partial charge in [-0.15, -0.1) is 0 Å². The monoisotopic (exact) mass is 254 g/mol. The van der Waals surface area contributed by atoms with Crippen molar-refractivity contribution in [1.29, 1.82) is 0 Å². The minimum atomic E-state index is -0.435. The number of rotatable bonds is 1. The van der Waals surface area contributed by atoms with Crippen molar-refractivity contribution in [2.24, 2.45) is 5.92 Å². The highest BCUT2D eigenvalue weighted by atomic mass is 16.6. The molecule has 0 aromatic carbocycles. The zero-order valence-electron chi connectivity index (χ0n) is 11.4. The van der Waals surface area contributed by atoms with Crippen molar-refractivity contribution < 1.29 is 14.3 Å². The molecule has 1 N–H and O–H groups in total. The van der Waals surface area contributed by atoms with Gasteiger partial charge in [-0.3, -0.25) is 4.79 Å². The van der Waals surface area contributed by atoms with Gasteiger partial charge < -0.3 is 15.0 Å².